The molecule has 2 heterocycles. The summed E-state index contributed by atoms with van der Waals surface area (Å²) in [6.45, 7) is 0.917. The largest absolute Gasteiger partial charge is 0.480 e. The van der Waals surface area contributed by atoms with E-state index in [1.807, 2.05) is 25.1 Å². The molecule has 0 unspecified atom stereocenters. The lowest BCUT2D eigenvalue weighted by Gasteiger charge is -2.06. The Kier molecular flexibility index (Phi) is 5.27. The van der Waals surface area contributed by atoms with Crippen LogP contribution in [-0.2, 0) is 31.4 Å². The van der Waals surface area contributed by atoms with Crippen LogP contribution in [0.5, 0.6) is 0 Å². The Balaban J connectivity index is 2.06. The molecule has 0 fully saturated rings. The van der Waals surface area contributed by atoms with Crippen molar-refractivity contribution in [3.63, 3.8) is 0 Å². The lowest BCUT2D eigenvalue weighted by Crippen LogP contribution is -2.09. The predicted molar refractivity (Wildman–Crippen MR) is 112 cm³/mol. The molecule has 8 heteroatoms. The van der Waals surface area contributed by atoms with Gasteiger partial charge in [-0.2, -0.15) is 0 Å². The number of halogens is 3. The minimum Gasteiger partial charge on any atom is -0.480 e. The number of thiazole rings is 1. The molecule has 4 nitrogen and oxygen atoms in total. The van der Waals surface area contributed by atoms with Gasteiger partial charge in [0.1, 0.15) is 31.6 Å². The summed E-state index contributed by atoms with van der Waals surface area (Å²) in [4.78, 5) is 16.0. The third-order valence-corrected chi connectivity index (χ3v) is 6.50. The van der Waals surface area contributed by atoms with Crippen LogP contribution in [0.15, 0.2) is 24.3 Å². The van der Waals surface area contributed by atoms with Crippen molar-refractivity contribution >= 4 is 38.4 Å². The molecule has 0 aliphatic heterocycles. The zero-order chi connectivity index (χ0) is 21.6. The third-order valence-electron chi connectivity index (χ3n) is 5.35. The molecule has 0 saturated carbocycles. The number of carboxylic acid groups (broad SMARTS) is 1. The van der Waals surface area contributed by atoms with Gasteiger partial charge in [0.05, 0.1) is 10.2 Å². The summed E-state index contributed by atoms with van der Waals surface area (Å²) in [5, 5.41) is 10.7. The van der Waals surface area contributed by atoms with E-state index in [1.165, 1.54) is 17.4 Å². The average Bonchev–Trinajstić information content (AvgIpc) is 3.25. The van der Waals surface area contributed by atoms with E-state index in [0.29, 0.717) is 15.4 Å². The minimum absolute atomic E-state index is 0.107. The highest BCUT2D eigenvalue weighted by Gasteiger charge is 2.23. The van der Waals surface area contributed by atoms with E-state index in [-0.39, 0.29) is 28.8 Å². The Morgan fingerprint density at radius 2 is 1.83 bits per heavy atom. The van der Waals surface area contributed by atoms with Crippen LogP contribution in [0.1, 0.15) is 27.9 Å². The lowest BCUT2D eigenvalue weighted by molar-refractivity contribution is -0.137. The van der Waals surface area contributed by atoms with Crippen LogP contribution in [0.2, 0.25) is 0 Å². The van der Waals surface area contributed by atoms with Gasteiger partial charge in [-0.1, -0.05) is 11.6 Å². The maximum absolute atomic E-state index is 13.7. The molecule has 2 aromatic carbocycles. The molecule has 0 atom stereocenters. The molecule has 156 valence electrons. The molecule has 0 amide bonds. The number of alkyl halides is 3. The number of fused-ring (bicyclic) bond motifs is 2. The van der Waals surface area contributed by atoms with Gasteiger partial charge >= 0.3 is 5.97 Å². The summed E-state index contributed by atoms with van der Waals surface area (Å²) in [7, 11) is 0. The fourth-order valence-electron chi connectivity index (χ4n) is 3.94. The summed E-state index contributed by atoms with van der Waals surface area (Å²) in [5.74, 6) is -0.974. The van der Waals surface area contributed by atoms with Crippen LogP contribution in [0.4, 0.5) is 13.2 Å². The Morgan fingerprint density at radius 1 is 1.10 bits per heavy atom. The van der Waals surface area contributed by atoms with Gasteiger partial charge in [0.15, 0.2) is 0 Å². The predicted octanol–water partition coefficient (Wildman–Crippen LogP) is 6.03. The van der Waals surface area contributed by atoms with Crippen molar-refractivity contribution < 1.29 is 23.1 Å². The zero-order valence-corrected chi connectivity index (χ0v) is 17.2. The van der Waals surface area contributed by atoms with E-state index in [0.717, 1.165) is 22.0 Å². The third kappa shape index (κ3) is 3.15. The number of hydrogen-bond donors (Lipinski definition) is 1. The molecule has 4 aromatic rings. The highest BCUT2D eigenvalue weighted by Crippen LogP contribution is 2.41. The molecule has 0 radical (unpaired) electrons. The Hall–Kier alpha value is -2.87. The van der Waals surface area contributed by atoms with E-state index in [9.17, 15) is 23.1 Å². The molecule has 1 N–H and O–H groups in total. The smallest absolute Gasteiger partial charge is 0.323 e. The van der Waals surface area contributed by atoms with E-state index in [2.05, 4.69) is 4.98 Å². The van der Waals surface area contributed by atoms with Crippen molar-refractivity contribution in [2.75, 3.05) is 0 Å². The minimum atomic E-state index is -0.974. The molecule has 0 aliphatic carbocycles. The Bertz CT molecular complexity index is 1290. The second-order valence-electron chi connectivity index (χ2n) is 7.23. The number of carboxylic acids is 1. The fraction of sp³-hybridized carbons (Fsp3) is 0.273. The average molecular weight is 432 g/mol. The van der Waals surface area contributed by atoms with Crippen molar-refractivity contribution in [1.82, 2.24) is 9.55 Å². The van der Waals surface area contributed by atoms with E-state index < -0.39 is 26.0 Å². The first-order valence-corrected chi connectivity index (χ1v) is 10.1. The molecule has 0 saturated heterocycles. The van der Waals surface area contributed by atoms with Crippen molar-refractivity contribution in [2.45, 2.75) is 40.4 Å². The van der Waals surface area contributed by atoms with E-state index in [4.69, 9.17) is 0 Å². The molecule has 0 bridgehead atoms. The van der Waals surface area contributed by atoms with Gasteiger partial charge in [-0.05, 0) is 37.6 Å². The monoisotopic (exact) mass is 432 g/mol. The van der Waals surface area contributed by atoms with Crippen LogP contribution in [-0.4, -0.2) is 20.6 Å². The van der Waals surface area contributed by atoms with Crippen LogP contribution in [0, 0.1) is 13.8 Å². The molecule has 4 rings (SSSR count). The first-order chi connectivity index (χ1) is 14.4. The van der Waals surface area contributed by atoms with Crippen molar-refractivity contribution in [3.8, 4) is 10.6 Å². The zero-order valence-electron chi connectivity index (χ0n) is 16.4. The Morgan fingerprint density at radius 3 is 2.47 bits per heavy atom. The number of carbonyl (C=O) groups is 1. The topological polar surface area (TPSA) is 55.1 Å². The molecule has 2 aromatic heterocycles. The standard InChI is InChI=1S/C22H19F3N2O2S/c1-11-3-4-17-15(5-11)19(12(2)27(17)10-18(28)29)22-26-20-16(9-25)13(7-23)6-14(8-24)21(20)30-22/h3-6H,7-10H2,1-2H3,(H,28,29). The quantitative estimate of drug-likeness (QED) is 0.405. The van der Waals surface area contributed by atoms with Crippen molar-refractivity contribution in [2.24, 2.45) is 0 Å². The second kappa shape index (κ2) is 7.75. The molecule has 0 spiro atoms. The number of hydrogen-bond acceptors (Lipinski definition) is 3. The summed E-state index contributed by atoms with van der Waals surface area (Å²) in [6, 6.07) is 7.07. The molecular formula is C22H19F3N2O2S. The molecule has 30 heavy (non-hydrogen) atoms. The van der Waals surface area contributed by atoms with Gasteiger partial charge in [-0.15, -0.1) is 11.3 Å². The summed E-state index contributed by atoms with van der Waals surface area (Å²) in [6.07, 6.45) is 0. The van der Waals surface area contributed by atoms with Gasteiger partial charge < -0.3 is 9.67 Å². The maximum atomic E-state index is 13.7. The van der Waals surface area contributed by atoms with Gasteiger partial charge in [-0.25, -0.2) is 18.2 Å². The van der Waals surface area contributed by atoms with Gasteiger partial charge in [0, 0.05) is 33.3 Å². The van der Waals surface area contributed by atoms with Crippen LogP contribution >= 0.6 is 11.3 Å². The number of aliphatic carboxylic acids is 1. The van der Waals surface area contributed by atoms with Crippen LogP contribution in [0.3, 0.4) is 0 Å². The highest BCUT2D eigenvalue weighted by molar-refractivity contribution is 7.22. The number of benzene rings is 2. The maximum Gasteiger partial charge on any atom is 0.323 e. The van der Waals surface area contributed by atoms with Crippen molar-refractivity contribution in [1.29, 1.82) is 0 Å². The molecular weight excluding hydrogens is 413 g/mol. The van der Waals surface area contributed by atoms with Crippen LogP contribution in [0.25, 0.3) is 31.7 Å². The number of rotatable bonds is 6. The summed E-state index contributed by atoms with van der Waals surface area (Å²) in [5.41, 5.74) is 3.96. The van der Waals surface area contributed by atoms with Crippen molar-refractivity contribution in [3.05, 3.63) is 52.2 Å². The van der Waals surface area contributed by atoms with E-state index >= 15 is 0 Å². The number of aromatic nitrogens is 2. The first-order valence-electron chi connectivity index (χ1n) is 9.33. The van der Waals surface area contributed by atoms with Gasteiger partial charge in [-0.3, -0.25) is 4.79 Å². The number of nitrogens with zero attached hydrogens (tertiary/aromatic N) is 2. The summed E-state index contributed by atoms with van der Waals surface area (Å²) < 4.78 is 43.0. The normalized spacial score (nSPS) is 11.6. The van der Waals surface area contributed by atoms with E-state index in [1.54, 1.807) is 11.5 Å². The second-order valence-corrected chi connectivity index (χ2v) is 8.23. The summed E-state index contributed by atoms with van der Waals surface area (Å²) >= 11 is 1.22. The van der Waals surface area contributed by atoms with Crippen LogP contribution < -0.4 is 0 Å². The number of aryl methyl sites for hydroxylation is 1. The van der Waals surface area contributed by atoms with Gasteiger partial charge in [0.25, 0.3) is 0 Å². The molecule has 0 aliphatic rings. The highest BCUT2D eigenvalue weighted by atomic mass is 32.1. The fourth-order valence-corrected chi connectivity index (χ4v) is 5.14. The SMILES string of the molecule is Cc1ccc2c(c1)c(-c1nc3c(CF)c(CF)cc(CF)c3s1)c(C)n2CC(=O)O. The Labute approximate surface area is 174 Å². The first kappa shape index (κ1) is 20.4. The lowest BCUT2D eigenvalue weighted by atomic mass is 10.0. The van der Waals surface area contributed by atoms with Gasteiger partial charge in [0.2, 0.25) is 0 Å².